The molecule has 1 fully saturated rings. The van der Waals surface area contributed by atoms with E-state index < -0.39 is 0 Å². The molecule has 3 heterocycles. The first kappa shape index (κ1) is 15.0. The van der Waals surface area contributed by atoms with E-state index in [1.165, 1.54) is 23.5 Å². The number of benzene rings is 1. The van der Waals surface area contributed by atoms with E-state index in [2.05, 4.69) is 44.8 Å². The Morgan fingerprint density at radius 2 is 2.09 bits per heavy atom. The van der Waals surface area contributed by atoms with Crippen molar-refractivity contribution < 1.29 is 4.74 Å². The molecule has 1 N–H and O–H groups in total. The minimum absolute atomic E-state index is 0.581. The lowest BCUT2D eigenvalue weighted by molar-refractivity contribution is 0.260. The van der Waals surface area contributed by atoms with Gasteiger partial charge in [-0.25, -0.2) is 4.98 Å². The second-order valence-electron chi connectivity index (χ2n) is 6.36. The van der Waals surface area contributed by atoms with Crippen molar-refractivity contribution >= 4 is 16.5 Å². The van der Waals surface area contributed by atoms with Crippen molar-refractivity contribution in [2.24, 2.45) is 0 Å². The number of aromatic nitrogens is 1. The highest BCUT2D eigenvalue weighted by atomic mass is 32.1. The molecular weight excluding hydrogens is 306 g/mol. The van der Waals surface area contributed by atoms with Crippen LogP contribution in [0.25, 0.3) is 0 Å². The van der Waals surface area contributed by atoms with Gasteiger partial charge >= 0.3 is 0 Å². The molecule has 122 valence electrons. The van der Waals surface area contributed by atoms with Gasteiger partial charge in [-0.2, -0.15) is 0 Å². The van der Waals surface area contributed by atoms with E-state index in [9.17, 15) is 0 Å². The SMILES string of the molecule is c1ccc2c(c1)OCCC2CNC1CCN(c2nccs2)CC1. The first-order chi connectivity index (χ1) is 11.4. The Balaban J connectivity index is 1.30. The highest BCUT2D eigenvalue weighted by Gasteiger charge is 2.24. The second kappa shape index (κ2) is 6.89. The van der Waals surface area contributed by atoms with Gasteiger partial charge in [0.2, 0.25) is 0 Å². The van der Waals surface area contributed by atoms with Gasteiger partial charge in [-0.3, -0.25) is 0 Å². The minimum atomic E-state index is 0.581. The number of nitrogens with zero attached hydrogens (tertiary/aromatic N) is 2. The van der Waals surface area contributed by atoms with Crippen LogP contribution in [0.15, 0.2) is 35.8 Å². The number of fused-ring (bicyclic) bond motifs is 1. The third-order valence-corrected chi connectivity index (χ3v) is 5.75. The van der Waals surface area contributed by atoms with Gasteiger partial charge in [0.15, 0.2) is 5.13 Å². The van der Waals surface area contributed by atoms with Crippen molar-refractivity contribution in [3.05, 3.63) is 41.4 Å². The molecule has 1 aromatic heterocycles. The molecule has 0 bridgehead atoms. The lowest BCUT2D eigenvalue weighted by atomic mass is 9.92. The summed E-state index contributed by atoms with van der Waals surface area (Å²) in [6.07, 6.45) is 5.41. The van der Waals surface area contributed by atoms with E-state index in [0.717, 1.165) is 38.4 Å². The molecule has 4 nitrogen and oxygen atoms in total. The smallest absolute Gasteiger partial charge is 0.185 e. The molecule has 0 saturated carbocycles. The molecule has 1 unspecified atom stereocenters. The Kier molecular flexibility index (Phi) is 4.48. The summed E-state index contributed by atoms with van der Waals surface area (Å²) in [6.45, 7) is 4.11. The highest BCUT2D eigenvalue weighted by Crippen LogP contribution is 2.33. The number of hydrogen-bond acceptors (Lipinski definition) is 5. The predicted octanol–water partition coefficient (Wildman–Crippen LogP) is 3.27. The van der Waals surface area contributed by atoms with Crippen molar-refractivity contribution in [1.29, 1.82) is 0 Å². The van der Waals surface area contributed by atoms with Crippen LogP contribution in [0.2, 0.25) is 0 Å². The molecule has 5 heteroatoms. The molecule has 1 saturated heterocycles. The van der Waals surface area contributed by atoms with Gasteiger partial charge in [-0.05, 0) is 30.9 Å². The summed E-state index contributed by atoms with van der Waals surface area (Å²) >= 11 is 1.74. The van der Waals surface area contributed by atoms with Gasteiger partial charge in [0.25, 0.3) is 0 Å². The molecule has 0 radical (unpaired) electrons. The van der Waals surface area contributed by atoms with Crippen LogP contribution in [0.3, 0.4) is 0 Å². The fourth-order valence-corrected chi connectivity index (χ4v) is 4.28. The summed E-state index contributed by atoms with van der Waals surface area (Å²) < 4.78 is 5.76. The van der Waals surface area contributed by atoms with E-state index in [1.807, 2.05) is 6.20 Å². The van der Waals surface area contributed by atoms with Crippen molar-refractivity contribution in [2.75, 3.05) is 31.1 Å². The number of ether oxygens (including phenoxy) is 1. The molecule has 2 aliphatic rings. The lowest BCUT2D eigenvalue weighted by Gasteiger charge is -2.34. The summed E-state index contributed by atoms with van der Waals surface area (Å²) in [6, 6.07) is 9.11. The average molecular weight is 329 g/mol. The fourth-order valence-electron chi connectivity index (χ4n) is 3.58. The molecular formula is C18H23N3OS. The molecule has 4 rings (SSSR count). The first-order valence-electron chi connectivity index (χ1n) is 8.50. The lowest BCUT2D eigenvalue weighted by Crippen LogP contribution is -2.44. The maximum absolute atomic E-state index is 5.76. The van der Waals surface area contributed by atoms with Gasteiger partial charge in [-0.1, -0.05) is 18.2 Å². The average Bonchev–Trinajstić information content (AvgIpc) is 3.15. The molecule has 0 aliphatic carbocycles. The second-order valence-corrected chi connectivity index (χ2v) is 7.23. The standard InChI is InChI=1S/C18H23N3OS/c1-2-4-17-16(3-1)14(7-11-22-17)13-20-15-5-9-21(10-6-15)18-19-8-12-23-18/h1-4,8,12,14-15,20H,5-7,9-11,13H2. The molecule has 23 heavy (non-hydrogen) atoms. The molecule has 0 spiro atoms. The summed E-state index contributed by atoms with van der Waals surface area (Å²) in [4.78, 5) is 6.83. The van der Waals surface area contributed by atoms with Crippen molar-refractivity contribution in [2.45, 2.75) is 31.2 Å². The van der Waals surface area contributed by atoms with Crippen LogP contribution < -0.4 is 15.0 Å². The van der Waals surface area contributed by atoms with E-state index in [4.69, 9.17) is 4.74 Å². The predicted molar refractivity (Wildman–Crippen MR) is 94.6 cm³/mol. The van der Waals surface area contributed by atoms with E-state index in [-0.39, 0.29) is 0 Å². The molecule has 1 aromatic carbocycles. The largest absolute Gasteiger partial charge is 0.493 e. The van der Waals surface area contributed by atoms with E-state index in [1.54, 1.807) is 11.3 Å². The Morgan fingerprint density at radius 1 is 1.22 bits per heavy atom. The molecule has 1 atom stereocenters. The quantitative estimate of drug-likeness (QED) is 0.934. The zero-order valence-electron chi connectivity index (χ0n) is 13.3. The maximum Gasteiger partial charge on any atom is 0.185 e. The van der Waals surface area contributed by atoms with Gasteiger partial charge < -0.3 is 15.0 Å². The van der Waals surface area contributed by atoms with Gasteiger partial charge in [0.05, 0.1) is 6.61 Å². The summed E-state index contributed by atoms with van der Waals surface area (Å²) in [5, 5.41) is 7.02. The number of hydrogen-bond donors (Lipinski definition) is 1. The minimum Gasteiger partial charge on any atom is -0.493 e. The molecule has 2 aliphatic heterocycles. The summed E-state index contributed by atoms with van der Waals surface area (Å²) in [5.41, 5.74) is 1.37. The Hall–Kier alpha value is -1.59. The van der Waals surface area contributed by atoms with Gasteiger partial charge in [0, 0.05) is 43.2 Å². The van der Waals surface area contributed by atoms with Crippen LogP contribution in [-0.4, -0.2) is 37.3 Å². The van der Waals surface area contributed by atoms with Crippen LogP contribution in [0.1, 0.15) is 30.7 Å². The normalized spacial score (nSPS) is 21.7. The van der Waals surface area contributed by atoms with Gasteiger partial charge in [0.1, 0.15) is 5.75 Å². The van der Waals surface area contributed by atoms with Crippen LogP contribution in [0.5, 0.6) is 5.75 Å². The number of nitrogens with one attached hydrogen (secondary N) is 1. The fraction of sp³-hybridized carbons (Fsp3) is 0.500. The Bertz CT molecular complexity index is 623. The number of rotatable bonds is 4. The van der Waals surface area contributed by atoms with Gasteiger partial charge in [-0.15, -0.1) is 11.3 Å². The zero-order chi connectivity index (χ0) is 15.5. The molecule has 2 aromatic rings. The van der Waals surface area contributed by atoms with Crippen LogP contribution in [0.4, 0.5) is 5.13 Å². The van der Waals surface area contributed by atoms with Crippen molar-refractivity contribution in [3.63, 3.8) is 0 Å². The maximum atomic E-state index is 5.76. The van der Waals surface area contributed by atoms with Crippen molar-refractivity contribution in [1.82, 2.24) is 10.3 Å². The summed E-state index contributed by atoms with van der Waals surface area (Å²) in [5.74, 6) is 1.65. The van der Waals surface area contributed by atoms with Crippen LogP contribution in [0, 0.1) is 0 Å². The zero-order valence-corrected chi connectivity index (χ0v) is 14.1. The Morgan fingerprint density at radius 3 is 2.91 bits per heavy atom. The topological polar surface area (TPSA) is 37.4 Å². The first-order valence-corrected chi connectivity index (χ1v) is 9.37. The van der Waals surface area contributed by atoms with Crippen LogP contribution >= 0.6 is 11.3 Å². The van der Waals surface area contributed by atoms with Crippen molar-refractivity contribution in [3.8, 4) is 5.75 Å². The highest BCUT2D eigenvalue weighted by molar-refractivity contribution is 7.13. The van der Waals surface area contributed by atoms with Crippen LogP contribution in [-0.2, 0) is 0 Å². The number of para-hydroxylation sites is 1. The molecule has 0 amide bonds. The number of anilines is 1. The third kappa shape index (κ3) is 3.35. The Labute approximate surface area is 141 Å². The van der Waals surface area contributed by atoms with E-state index >= 15 is 0 Å². The third-order valence-electron chi connectivity index (χ3n) is 4.92. The van der Waals surface area contributed by atoms with E-state index in [0.29, 0.717) is 12.0 Å². The number of thiazole rings is 1. The number of piperidine rings is 1. The monoisotopic (exact) mass is 329 g/mol. The summed E-state index contributed by atoms with van der Waals surface area (Å²) in [7, 11) is 0.